The van der Waals surface area contributed by atoms with E-state index in [-0.39, 0.29) is 18.1 Å². The molecular weight excluding hydrogens is 340 g/mol. The van der Waals surface area contributed by atoms with Gasteiger partial charge in [0.05, 0.1) is 24.9 Å². The summed E-state index contributed by atoms with van der Waals surface area (Å²) >= 11 is 0. The van der Waals surface area contributed by atoms with Gasteiger partial charge in [-0.3, -0.25) is 14.4 Å². The number of nitrogens with zero attached hydrogens (tertiary/aromatic N) is 4. The Labute approximate surface area is 157 Å². The number of fused-ring (bicyclic) bond motifs is 1. The van der Waals surface area contributed by atoms with Gasteiger partial charge in [-0.25, -0.2) is 9.97 Å². The fraction of sp³-hybridized carbons (Fsp3) is 0.238. The number of ketones is 1. The van der Waals surface area contributed by atoms with E-state index in [1.807, 2.05) is 35.0 Å². The molecule has 6 heteroatoms. The second kappa shape index (κ2) is 6.79. The number of hydrogen-bond acceptors (Lipinski definition) is 5. The molecule has 3 heterocycles. The van der Waals surface area contributed by atoms with Crippen molar-refractivity contribution in [2.45, 2.75) is 26.2 Å². The lowest BCUT2D eigenvalue weighted by Crippen LogP contribution is -2.18. The van der Waals surface area contributed by atoms with Gasteiger partial charge in [0, 0.05) is 35.8 Å². The average molecular weight is 360 g/mol. The third-order valence-corrected chi connectivity index (χ3v) is 4.69. The summed E-state index contributed by atoms with van der Waals surface area (Å²) in [6, 6.07) is 7.54. The van der Waals surface area contributed by atoms with Crippen LogP contribution in [0.15, 0.2) is 54.2 Å². The summed E-state index contributed by atoms with van der Waals surface area (Å²) < 4.78 is 7.25. The third-order valence-electron chi connectivity index (χ3n) is 4.69. The van der Waals surface area contributed by atoms with E-state index in [1.165, 1.54) is 0 Å². The first-order valence-corrected chi connectivity index (χ1v) is 8.85. The van der Waals surface area contributed by atoms with Crippen LogP contribution in [0.5, 0.6) is 5.75 Å². The average Bonchev–Trinajstić information content (AvgIpc) is 3.21. The van der Waals surface area contributed by atoms with Crippen molar-refractivity contribution in [1.82, 2.24) is 14.5 Å². The first kappa shape index (κ1) is 17.1. The smallest absolute Gasteiger partial charge is 0.171 e. The van der Waals surface area contributed by atoms with Crippen LogP contribution in [0.4, 0.5) is 5.69 Å². The van der Waals surface area contributed by atoms with Crippen LogP contribution in [0.3, 0.4) is 0 Å². The molecular formula is C21H20N4O2. The molecule has 2 aromatic heterocycles. The van der Waals surface area contributed by atoms with E-state index in [4.69, 9.17) is 9.73 Å². The number of carbonyl (C=O) groups excluding carboxylic acids is 1. The lowest BCUT2D eigenvalue weighted by atomic mass is 9.88. The van der Waals surface area contributed by atoms with Crippen molar-refractivity contribution in [2.75, 3.05) is 7.11 Å². The summed E-state index contributed by atoms with van der Waals surface area (Å²) in [4.78, 5) is 26.4. The van der Waals surface area contributed by atoms with Crippen molar-refractivity contribution >= 4 is 17.2 Å². The lowest BCUT2D eigenvalue weighted by Gasteiger charge is -2.21. The Morgan fingerprint density at radius 1 is 1.22 bits per heavy atom. The van der Waals surface area contributed by atoms with Gasteiger partial charge in [-0.05, 0) is 29.7 Å². The topological polar surface area (TPSA) is 69.4 Å². The summed E-state index contributed by atoms with van der Waals surface area (Å²) in [6.45, 7) is 4.14. The lowest BCUT2D eigenvalue weighted by molar-refractivity contribution is 0.0998. The Hall–Kier alpha value is -3.28. The molecule has 1 aromatic carbocycles. The molecule has 1 aliphatic heterocycles. The number of rotatable bonds is 4. The van der Waals surface area contributed by atoms with Gasteiger partial charge in [0.15, 0.2) is 5.78 Å². The van der Waals surface area contributed by atoms with Gasteiger partial charge in [-0.2, -0.15) is 0 Å². The maximum atomic E-state index is 13.0. The number of pyridine rings is 1. The summed E-state index contributed by atoms with van der Waals surface area (Å²) in [5.74, 6) is 1.68. The van der Waals surface area contributed by atoms with Crippen LogP contribution in [-0.4, -0.2) is 33.1 Å². The number of methoxy groups -OCH3 is 1. The molecule has 6 nitrogen and oxygen atoms in total. The van der Waals surface area contributed by atoms with Crippen LogP contribution in [0.2, 0.25) is 0 Å². The van der Waals surface area contributed by atoms with Crippen LogP contribution in [-0.2, 0) is 0 Å². The van der Waals surface area contributed by atoms with Crippen molar-refractivity contribution in [1.29, 1.82) is 0 Å². The van der Waals surface area contributed by atoms with E-state index in [9.17, 15) is 4.79 Å². The van der Waals surface area contributed by atoms with Crippen molar-refractivity contribution in [2.24, 2.45) is 4.99 Å². The van der Waals surface area contributed by atoms with Gasteiger partial charge in [-0.1, -0.05) is 13.8 Å². The van der Waals surface area contributed by atoms with Crippen LogP contribution in [0.1, 0.15) is 47.7 Å². The summed E-state index contributed by atoms with van der Waals surface area (Å²) in [5.41, 5.74) is 3.85. The maximum absolute atomic E-state index is 13.0. The van der Waals surface area contributed by atoms with Gasteiger partial charge >= 0.3 is 0 Å². The first-order chi connectivity index (χ1) is 13.1. The number of carbonyl (C=O) groups is 1. The molecule has 0 atom stereocenters. The SMILES string of the molecule is COc1cc2c(c(C(C)C)c1)C(=O)CC(c1cccnc1-n1ccnc1)=N2. The Kier molecular flexibility index (Phi) is 4.32. The normalized spacial score (nSPS) is 13.5. The molecule has 0 amide bonds. The molecule has 0 fully saturated rings. The molecule has 0 aliphatic carbocycles. The molecule has 0 N–H and O–H groups in total. The fourth-order valence-electron chi connectivity index (χ4n) is 3.38. The second-order valence-electron chi connectivity index (χ2n) is 6.77. The fourth-order valence-corrected chi connectivity index (χ4v) is 3.38. The molecule has 0 unspecified atom stereocenters. The van der Waals surface area contributed by atoms with Gasteiger partial charge in [0.1, 0.15) is 17.9 Å². The molecule has 136 valence electrons. The number of ether oxygens (including phenoxy) is 1. The number of aromatic nitrogens is 3. The van der Waals surface area contributed by atoms with Gasteiger partial charge in [0.2, 0.25) is 0 Å². The number of aliphatic imine (C=N–C) groups is 1. The Morgan fingerprint density at radius 2 is 2.07 bits per heavy atom. The minimum absolute atomic E-state index is 0.0711. The minimum atomic E-state index is 0.0711. The maximum Gasteiger partial charge on any atom is 0.171 e. The summed E-state index contributed by atoms with van der Waals surface area (Å²) in [7, 11) is 1.62. The molecule has 0 spiro atoms. The number of hydrogen-bond donors (Lipinski definition) is 0. The molecule has 0 bridgehead atoms. The standard InChI is InChI=1S/C21H20N4O2/c1-13(2)16-9-14(27-3)10-18-20(16)19(26)11-17(24-18)15-5-4-6-23-21(15)25-8-7-22-12-25/h4-10,12-13H,11H2,1-3H3. The second-order valence-corrected chi connectivity index (χ2v) is 6.77. The van der Waals surface area contributed by atoms with Gasteiger partial charge in [-0.15, -0.1) is 0 Å². The van der Waals surface area contributed by atoms with E-state index >= 15 is 0 Å². The van der Waals surface area contributed by atoms with E-state index in [2.05, 4.69) is 23.8 Å². The zero-order chi connectivity index (χ0) is 19.0. The van der Waals surface area contributed by atoms with E-state index in [0.29, 0.717) is 28.5 Å². The molecule has 4 rings (SSSR count). The molecule has 27 heavy (non-hydrogen) atoms. The largest absolute Gasteiger partial charge is 0.497 e. The van der Waals surface area contributed by atoms with Crippen molar-refractivity contribution < 1.29 is 9.53 Å². The zero-order valence-corrected chi connectivity index (χ0v) is 15.5. The van der Waals surface area contributed by atoms with Crippen LogP contribution in [0.25, 0.3) is 5.82 Å². The number of Topliss-reactive ketones (excluding diaryl/α,β-unsaturated/α-hetero) is 1. The highest BCUT2D eigenvalue weighted by Crippen LogP contribution is 2.37. The number of benzene rings is 1. The quantitative estimate of drug-likeness (QED) is 0.702. The van der Waals surface area contributed by atoms with E-state index < -0.39 is 0 Å². The van der Waals surface area contributed by atoms with Crippen LogP contribution >= 0.6 is 0 Å². The molecule has 0 saturated carbocycles. The molecule has 3 aromatic rings. The highest BCUT2D eigenvalue weighted by atomic mass is 16.5. The highest BCUT2D eigenvalue weighted by molar-refractivity contribution is 6.22. The summed E-state index contributed by atoms with van der Waals surface area (Å²) in [6.07, 6.45) is 7.17. The number of imidazole rings is 1. The Balaban J connectivity index is 1.90. The predicted octanol–water partition coefficient (Wildman–Crippen LogP) is 4.11. The van der Waals surface area contributed by atoms with Gasteiger partial charge < -0.3 is 4.74 Å². The monoisotopic (exact) mass is 360 g/mol. The van der Waals surface area contributed by atoms with Crippen molar-refractivity contribution in [3.63, 3.8) is 0 Å². The van der Waals surface area contributed by atoms with Crippen molar-refractivity contribution in [3.8, 4) is 11.6 Å². The Bertz CT molecular complexity index is 1040. The van der Waals surface area contributed by atoms with E-state index in [1.54, 1.807) is 25.8 Å². The predicted molar refractivity (Wildman–Crippen MR) is 104 cm³/mol. The first-order valence-electron chi connectivity index (χ1n) is 8.85. The minimum Gasteiger partial charge on any atom is -0.497 e. The Morgan fingerprint density at radius 3 is 2.78 bits per heavy atom. The molecule has 1 aliphatic rings. The van der Waals surface area contributed by atoms with Crippen molar-refractivity contribution in [3.05, 3.63) is 65.9 Å². The van der Waals surface area contributed by atoms with E-state index in [0.717, 1.165) is 11.1 Å². The zero-order valence-electron chi connectivity index (χ0n) is 15.5. The summed E-state index contributed by atoms with van der Waals surface area (Å²) in [5, 5.41) is 0. The van der Waals surface area contributed by atoms with Gasteiger partial charge in [0.25, 0.3) is 0 Å². The molecule has 0 saturated heterocycles. The third kappa shape index (κ3) is 3.03. The molecule has 0 radical (unpaired) electrons. The van der Waals surface area contributed by atoms with Crippen LogP contribution < -0.4 is 4.74 Å². The highest BCUT2D eigenvalue weighted by Gasteiger charge is 2.27. The van der Waals surface area contributed by atoms with Crippen LogP contribution in [0, 0.1) is 0 Å².